The van der Waals surface area contributed by atoms with Crippen LogP contribution in [0.3, 0.4) is 0 Å². The third-order valence-corrected chi connectivity index (χ3v) is 3.85. The summed E-state index contributed by atoms with van der Waals surface area (Å²) in [7, 11) is 0. The maximum absolute atomic E-state index is 11.6. The second-order valence-corrected chi connectivity index (χ2v) is 5.75. The molecule has 0 aliphatic rings. The van der Waals surface area contributed by atoms with Gasteiger partial charge < -0.3 is 19.6 Å². The largest absolute Gasteiger partial charge is 0.488 e. The van der Waals surface area contributed by atoms with E-state index >= 15 is 0 Å². The average Bonchev–Trinajstić information content (AvgIpc) is 3.07. The van der Waals surface area contributed by atoms with Gasteiger partial charge in [0.25, 0.3) is 5.88 Å². The second kappa shape index (κ2) is 7.19. The van der Waals surface area contributed by atoms with Crippen LogP contribution < -0.4 is 5.56 Å². The highest BCUT2D eigenvalue weighted by Gasteiger charge is 2.21. The molecule has 142 valence electrons. The van der Waals surface area contributed by atoms with E-state index in [9.17, 15) is 24.8 Å². The molecule has 2 heterocycles. The molecule has 0 amide bonds. The third-order valence-electron chi connectivity index (χ3n) is 3.85. The molecule has 1 aromatic carbocycles. The lowest BCUT2D eigenvalue weighted by molar-refractivity contribution is -0.387. The molecule has 10 nitrogen and oxygen atoms in total. The number of furan rings is 1. The number of nitro groups is 1. The molecular weight excluding hydrogens is 370 g/mol. The zero-order valence-electron chi connectivity index (χ0n) is 14.4. The first-order valence-corrected chi connectivity index (χ1v) is 7.86. The fourth-order valence-electron chi connectivity index (χ4n) is 2.54. The van der Waals surface area contributed by atoms with Gasteiger partial charge in [-0.1, -0.05) is 6.07 Å². The molecule has 2 aromatic heterocycles. The van der Waals surface area contributed by atoms with E-state index in [1.807, 2.05) is 0 Å². The predicted molar refractivity (Wildman–Crippen MR) is 97.9 cm³/mol. The Morgan fingerprint density at radius 3 is 2.64 bits per heavy atom. The van der Waals surface area contributed by atoms with Gasteiger partial charge in [0.1, 0.15) is 17.3 Å². The van der Waals surface area contributed by atoms with Crippen molar-refractivity contribution in [1.82, 2.24) is 9.97 Å². The summed E-state index contributed by atoms with van der Waals surface area (Å²) < 4.78 is 5.67. The molecule has 10 heteroatoms. The number of hydrogen-bond acceptors (Lipinski definition) is 7. The number of hydrogen-bond donors (Lipinski definition) is 3. The van der Waals surface area contributed by atoms with Gasteiger partial charge >= 0.3 is 17.2 Å². The molecule has 3 N–H and O–H groups in total. The van der Waals surface area contributed by atoms with Gasteiger partial charge in [-0.05, 0) is 48.9 Å². The van der Waals surface area contributed by atoms with Crippen LogP contribution in [-0.2, 0) is 0 Å². The van der Waals surface area contributed by atoms with E-state index in [0.717, 1.165) is 5.56 Å². The lowest BCUT2D eigenvalue weighted by Crippen LogP contribution is -2.14. The minimum atomic E-state index is -1.08. The molecule has 0 fully saturated rings. The smallest absolute Gasteiger partial charge is 0.395 e. The van der Waals surface area contributed by atoms with Gasteiger partial charge in [0.15, 0.2) is 0 Å². The van der Waals surface area contributed by atoms with Gasteiger partial charge in [-0.2, -0.15) is 4.98 Å². The molecule has 28 heavy (non-hydrogen) atoms. The number of nitrogens with zero attached hydrogens (tertiary/aromatic N) is 2. The summed E-state index contributed by atoms with van der Waals surface area (Å²) in [6.45, 7) is 1.76. The van der Waals surface area contributed by atoms with Gasteiger partial charge in [0, 0.05) is 5.56 Å². The fourth-order valence-corrected chi connectivity index (χ4v) is 2.54. The van der Waals surface area contributed by atoms with Crippen LogP contribution >= 0.6 is 0 Å². The molecule has 0 aliphatic carbocycles. The Morgan fingerprint density at radius 2 is 2.04 bits per heavy atom. The zero-order chi connectivity index (χ0) is 20.4. The van der Waals surface area contributed by atoms with Crippen LogP contribution in [0.15, 0.2) is 39.5 Å². The average molecular weight is 383 g/mol. The number of aryl methyl sites for hydroxylation is 1. The van der Waals surface area contributed by atoms with Gasteiger partial charge in [0.05, 0.1) is 10.5 Å². The Balaban J connectivity index is 1.87. The fraction of sp³-hybridized carbons (Fsp3) is 0.0556. The van der Waals surface area contributed by atoms with Crippen molar-refractivity contribution in [1.29, 1.82) is 0 Å². The number of H-pyrrole nitrogens is 1. The van der Waals surface area contributed by atoms with Gasteiger partial charge in [-0.3, -0.25) is 14.9 Å². The van der Waals surface area contributed by atoms with Crippen LogP contribution in [0.4, 0.5) is 5.69 Å². The SMILES string of the molecule is Cc1cc(C(=O)O)ccc1-c1ccc(/C=C/c2nc(O)c([N+](=O)[O-])c(=O)[nH]2)o1. The summed E-state index contributed by atoms with van der Waals surface area (Å²) in [5.74, 6) is -1.21. The Hall–Kier alpha value is -4.21. The number of aromatic nitrogens is 2. The van der Waals surface area contributed by atoms with E-state index < -0.39 is 28.0 Å². The third kappa shape index (κ3) is 3.65. The monoisotopic (exact) mass is 383 g/mol. The number of carbonyl (C=O) groups is 1. The summed E-state index contributed by atoms with van der Waals surface area (Å²) in [6, 6.07) is 7.96. The lowest BCUT2D eigenvalue weighted by atomic mass is 10.0. The van der Waals surface area contributed by atoms with Crippen LogP contribution in [0, 0.1) is 17.0 Å². The number of benzene rings is 1. The van der Waals surface area contributed by atoms with Crippen LogP contribution in [0.25, 0.3) is 23.5 Å². The van der Waals surface area contributed by atoms with Gasteiger partial charge in [-0.25, -0.2) is 4.79 Å². The van der Waals surface area contributed by atoms with Gasteiger partial charge in [-0.15, -0.1) is 0 Å². The Morgan fingerprint density at radius 1 is 1.29 bits per heavy atom. The second-order valence-electron chi connectivity index (χ2n) is 5.75. The number of carboxylic acid groups (broad SMARTS) is 1. The standard InChI is InChI=1S/C18H13N3O7/c1-9-8-10(18(24)25)2-5-12(9)13-6-3-11(28-13)4-7-14-19-16(22)15(21(26)27)17(23)20-14/h2-8H,1H3,(H,24,25)(H2,19,20,22,23)/b7-4+. The van der Waals surface area contributed by atoms with Crippen molar-refractivity contribution in [2.75, 3.05) is 0 Å². The summed E-state index contributed by atoms with van der Waals surface area (Å²) in [6.07, 6.45) is 2.77. The van der Waals surface area contributed by atoms with Crippen LogP contribution in [0.2, 0.25) is 0 Å². The van der Waals surface area contributed by atoms with Crippen molar-refractivity contribution >= 4 is 23.8 Å². The molecule has 0 bridgehead atoms. The van der Waals surface area contributed by atoms with E-state index in [0.29, 0.717) is 17.1 Å². The molecule has 0 aliphatic heterocycles. The summed E-state index contributed by atoms with van der Waals surface area (Å²) in [5, 5.41) is 29.2. The van der Waals surface area contributed by atoms with Crippen molar-refractivity contribution in [3.8, 4) is 17.2 Å². The van der Waals surface area contributed by atoms with E-state index in [1.165, 1.54) is 24.3 Å². The topological polar surface area (TPSA) is 160 Å². The summed E-state index contributed by atoms with van der Waals surface area (Å²) in [4.78, 5) is 38.0. The number of aromatic carboxylic acids is 1. The molecular formula is C18H13N3O7. The highest BCUT2D eigenvalue weighted by molar-refractivity contribution is 5.88. The maximum Gasteiger partial charge on any atom is 0.395 e. The van der Waals surface area contributed by atoms with Crippen LogP contribution in [-0.4, -0.2) is 31.1 Å². The first-order valence-electron chi connectivity index (χ1n) is 7.86. The predicted octanol–water partition coefficient (Wildman–Crippen LogP) is 2.82. The molecule has 0 atom stereocenters. The Labute approximate surface area is 156 Å². The van der Waals surface area contributed by atoms with E-state index in [4.69, 9.17) is 9.52 Å². The highest BCUT2D eigenvalue weighted by Crippen LogP contribution is 2.27. The molecule has 3 rings (SSSR count). The molecule has 0 radical (unpaired) electrons. The zero-order valence-corrected chi connectivity index (χ0v) is 14.4. The normalized spacial score (nSPS) is 11.0. The van der Waals surface area contributed by atoms with Crippen LogP contribution in [0.5, 0.6) is 5.88 Å². The number of aromatic hydroxyl groups is 1. The van der Waals surface area contributed by atoms with E-state index in [2.05, 4.69) is 9.97 Å². The maximum atomic E-state index is 11.6. The minimum Gasteiger partial charge on any atom is -0.488 e. The van der Waals surface area contributed by atoms with Crippen molar-refractivity contribution < 1.29 is 24.3 Å². The molecule has 0 unspecified atom stereocenters. The summed E-state index contributed by atoms with van der Waals surface area (Å²) in [5.41, 5.74) is -0.509. The number of nitrogens with one attached hydrogen (secondary N) is 1. The number of aromatic amines is 1. The first-order chi connectivity index (χ1) is 13.3. The van der Waals surface area contributed by atoms with E-state index in [1.54, 1.807) is 25.1 Å². The Kier molecular flexibility index (Phi) is 4.77. The number of rotatable bonds is 5. The minimum absolute atomic E-state index is 0.0898. The highest BCUT2D eigenvalue weighted by atomic mass is 16.6. The molecule has 3 aromatic rings. The van der Waals surface area contributed by atoms with E-state index in [-0.39, 0.29) is 11.4 Å². The lowest BCUT2D eigenvalue weighted by Gasteiger charge is -2.03. The molecule has 0 saturated carbocycles. The molecule has 0 spiro atoms. The quantitative estimate of drug-likeness (QED) is 0.448. The molecule has 0 saturated heterocycles. The van der Waals surface area contributed by atoms with Crippen molar-refractivity contribution in [2.45, 2.75) is 6.92 Å². The number of carboxylic acids is 1. The Bertz CT molecular complexity index is 1170. The van der Waals surface area contributed by atoms with Gasteiger partial charge in [0.2, 0.25) is 0 Å². The van der Waals surface area contributed by atoms with Crippen molar-refractivity contribution in [2.24, 2.45) is 0 Å². The van der Waals surface area contributed by atoms with Crippen LogP contribution in [0.1, 0.15) is 27.5 Å². The first kappa shape index (κ1) is 18.6. The summed E-state index contributed by atoms with van der Waals surface area (Å²) >= 11 is 0. The van der Waals surface area contributed by atoms with Crippen molar-refractivity contribution in [3.05, 3.63) is 73.5 Å². The van der Waals surface area contributed by atoms with Crippen molar-refractivity contribution in [3.63, 3.8) is 0 Å².